The molecule has 0 unspecified atom stereocenters. The SMILES string of the molecule is N[C@H]1C[C@@H](NC(=O)N2CCN(C(=O)c3ccc(Nc4nccn5c(-c6cn(CC(F)F)nc6C(F)(F)F)cnc45)cc3Cl)CC2)C1. The number of nitrogens with zero attached hydrogens (tertiary/aromatic N) is 7. The molecule has 3 aromatic heterocycles. The number of benzene rings is 1. The van der Waals surface area contributed by atoms with E-state index >= 15 is 0 Å². The number of amides is 3. The van der Waals surface area contributed by atoms with Gasteiger partial charge >= 0.3 is 12.2 Å². The fraction of sp³-hybridized carbons (Fsp3) is 0.393. The van der Waals surface area contributed by atoms with Crippen LogP contribution in [-0.4, -0.2) is 90.6 Å². The largest absolute Gasteiger partial charge is 0.435 e. The number of piperazine rings is 1. The number of nitrogens with one attached hydrogen (secondary N) is 2. The third-order valence-corrected chi connectivity index (χ3v) is 8.19. The molecule has 0 atom stereocenters. The van der Waals surface area contributed by atoms with Crippen molar-refractivity contribution in [1.82, 2.24) is 39.3 Å². The highest BCUT2D eigenvalue weighted by Gasteiger charge is 2.39. The highest BCUT2D eigenvalue weighted by Crippen LogP contribution is 2.37. The van der Waals surface area contributed by atoms with Crippen LogP contribution in [0.5, 0.6) is 0 Å². The average Bonchev–Trinajstić information content (AvgIpc) is 3.61. The summed E-state index contributed by atoms with van der Waals surface area (Å²) in [4.78, 5) is 37.5. The van der Waals surface area contributed by atoms with Gasteiger partial charge in [-0.1, -0.05) is 11.6 Å². The molecule has 244 valence electrons. The minimum atomic E-state index is -4.90. The molecule has 4 heterocycles. The molecule has 2 fully saturated rings. The van der Waals surface area contributed by atoms with Crippen molar-refractivity contribution < 1.29 is 31.5 Å². The first-order valence-electron chi connectivity index (χ1n) is 14.3. The lowest BCUT2D eigenvalue weighted by Crippen LogP contribution is -2.57. The van der Waals surface area contributed by atoms with Crippen LogP contribution in [0.2, 0.25) is 5.02 Å². The van der Waals surface area contributed by atoms with Crippen molar-refractivity contribution in [2.75, 3.05) is 31.5 Å². The van der Waals surface area contributed by atoms with Gasteiger partial charge in [-0.3, -0.25) is 13.9 Å². The molecule has 4 N–H and O–H groups in total. The quantitative estimate of drug-likeness (QED) is 0.251. The first-order chi connectivity index (χ1) is 21.9. The third-order valence-electron chi connectivity index (χ3n) is 7.88. The molecule has 1 aliphatic carbocycles. The maximum atomic E-state index is 13.7. The van der Waals surface area contributed by atoms with Crippen molar-refractivity contribution in [2.24, 2.45) is 5.73 Å². The topological polar surface area (TPSA) is 139 Å². The number of hydrogen-bond acceptors (Lipinski definition) is 7. The lowest BCUT2D eigenvalue weighted by molar-refractivity contribution is -0.141. The normalized spacial score (nSPS) is 18.6. The molecule has 18 heteroatoms. The minimum Gasteiger partial charge on any atom is -0.337 e. The second-order valence-corrected chi connectivity index (χ2v) is 11.5. The standard InChI is InChI=1S/C28H28ClF5N10O2/c29-20-11-16(1-2-18(20)26(45)41-5-7-42(8-6-41)27(46)39-17-9-15(35)10-17)38-24-25-37-12-21(44(25)4-3-36-24)19-13-43(14-22(30)31)40-23(19)28(32,33)34/h1-4,11-13,15,17,22H,5-10,14,35H2,(H,36,38)(H,39,46)/t15-,17+. The van der Waals surface area contributed by atoms with Gasteiger partial charge in [0.15, 0.2) is 17.2 Å². The first kappa shape index (κ1) is 31.5. The van der Waals surface area contributed by atoms with E-state index in [1.807, 2.05) is 0 Å². The van der Waals surface area contributed by atoms with Crippen LogP contribution in [0, 0.1) is 0 Å². The van der Waals surface area contributed by atoms with Gasteiger partial charge in [0, 0.05) is 62.5 Å². The molecular formula is C28H28ClF5N10O2. The van der Waals surface area contributed by atoms with Gasteiger partial charge in [-0.05, 0) is 31.0 Å². The Bertz CT molecular complexity index is 1760. The molecule has 1 aromatic carbocycles. The molecule has 4 aromatic rings. The lowest BCUT2D eigenvalue weighted by atomic mass is 9.88. The zero-order valence-electron chi connectivity index (χ0n) is 24.0. The second kappa shape index (κ2) is 12.4. The van der Waals surface area contributed by atoms with E-state index in [4.69, 9.17) is 17.3 Å². The van der Waals surface area contributed by atoms with Crippen molar-refractivity contribution in [1.29, 1.82) is 0 Å². The Balaban J connectivity index is 1.15. The molecular weight excluding hydrogens is 639 g/mol. The number of aromatic nitrogens is 5. The fourth-order valence-corrected chi connectivity index (χ4v) is 5.75. The summed E-state index contributed by atoms with van der Waals surface area (Å²) in [6.07, 6.45) is -1.50. The fourth-order valence-electron chi connectivity index (χ4n) is 5.49. The Morgan fingerprint density at radius 3 is 2.46 bits per heavy atom. The number of imidazole rings is 1. The van der Waals surface area contributed by atoms with Crippen LogP contribution >= 0.6 is 11.6 Å². The van der Waals surface area contributed by atoms with Crippen molar-refractivity contribution >= 4 is 40.7 Å². The van der Waals surface area contributed by atoms with Gasteiger partial charge in [-0.15, -0.1) is 0 Å². The van der Waals surface area contributed by atoms with Gasteiger partial charge < -0.3 is 26.2 Å². The van der Waals surface area contributed by atoms with Crippen LogP contribution in [0.25, 0.3) is 16.9 Å². The Morgan fingerprint density at radius 1 is 1.09 bits per heavy atom. The summed E-state index contributed by atoms with van der Waals surface area (Å²) in [5.74, 6) is -0.136. The summed E-state index contributed by atoms with van der Waals surface area (Å²) in [6.45, 7) is 0.396. The number of urea groups is 1. The van der Waals surface area contributed by atoms with Crippen molar-refractivity contribution in [3.05, 3.63) is 59.3 Å². The Hall–Kier alpha value is -4.51. The summed E-state index contributed by atoms with van der Waals surface area (Å²) in [6, 6.07) is 4.67. The molecule has 0 bridgehead atoms. The van der Waals surface area contributed by atoms with Crippen molar-refractivity contribution in [3.8, 4) is 11.3 Å². The summed E-state index contributed by atoms with van der Waals surface area (Å²) in [7, 11) is 0. The van der Waals surface area contributed by atoms with E-state index in [1.165, 1.54) is 35.1 Å². The number of nitrogens with two attached hydrogens (primary N) is 1. The molecule has 1 aliphatic heterocycles. The molecule has 12 nitrogen and oxygen atoms in total. The van der Waals surface area contributed by atoms with Gasteiger partial charge in [0.2, 0.25) is 0 Å². The highest BCUT2D eigenvalue weighted by atomic mass is 35.5. The lowest BCUT2D eigenvalue weighted by Gasteiger charge is -2.38. The summed E-state index contributed by atoms with van der Waals surface area (Å²) in [5.41, 5.74) is 4.82. The number of alkyl halides is 5. The van der Waals surface area contributed by atoms with Crippen molar-refractivity contribution in [3.63, 3.8) is 0 Å². The summed E-state index contributed by atoms with van der Waals surface area (Å²) < 4.78 is 68.9. The van der Waals surface area contributed by atoms with E-state index in [0.717, 1.165) is 19.0 Å². The predicted molar refractivity (Wildman–Crippen MR) is 157 cm³/mol. The molecule has 6 rings (SSSR count). The number of anilines is 2. The van der Waals surface area contributed by atoms with E-state index in [2.05, 4.69) is 25.7 Å². The minimum absolute atomic E-state index is 0.0305. The van der Waals surface area contributed by atoms with E-state index in [0.29, 0.717) is 36.5 Å². The Labute approximate surface area is 263 Å². The maximum absolute atomic E-state index is 13.7. The van der Waals surface area contributed by atoms with Crippen molar-refractivity contribution in [2.45, 2.75) is 44.1 Å². The van der Waals surface area contributed by atoms with Crippen LogP contribution in [0.4, 0.5) is 38.3 Å². The van der Waals surface area contributed by atoms with Crippen LogP contribution in [0.3, 0.4) is 0 Å². The number of fused-ring (bicyclic) bond motifs is 1. The Morgan fingerprint density at radius 2 is 1.80 bits per heavy atom. The van der Waals surface area contributed by atoms with Crippen LogP contribution < -0.4 is 16.4 Å². The van der Waals surface area contributed by atoms with Gasteiger partial charge in [-0.2, -0.15) is 18.3 Å². The van der Waals surface area contributed by atoms with E-state index in [1.54, 1.807) is 15.9 Å². The zero-order chi connectivity index (χ0) is 32.7. The molecule has 0 spiro atoms. The van der Waals surface area contributed by atoms with Gasteiger partial charge in [-0.25, -0.2) is 23.5 Å². The van der Waals surface area contributed by atoms with Gasteiger partial charge in [0.25, 0.3) is 12.3 Å². The molecule has 46 heavy (non-hydrogen) atoms. The predicted octanol–water partition coefficient (Wildman–Crippen LogP) is 4.23. The van der Waals surface area contributed by atoms with Gasteiger partial charge in [0.05, 0.1) is 28.0 Å². The summed E-state index contributed by atoms with van der Waals surface area (Å²) in [5, 5.41) is 9.46. The Kier molecular flexibility index (Phi) is 8.45. The zero-order valence-corrected chi connectivity index (χ0v) is 24.8. The molecule has 1 saturated heterocycles. The molecule has 2 aliphatic rings. The number of rotatable bonds is 7. The van der Waals surface area contributed by atoms with E-state index in [9.17, 15) is 31.5 Å². The number of carbonyl (C=O) groups excluding carboxylic acids is 2. The molecule has 3 amide bonds. The van der Waals surface area contributed by atoms with Crippen LogP contribution in [0.1, 0.15) is 28.9 Å². The highest BCUT2D eigenvalue weighted by molar-refractivity contribution is 6.34. The number of halogens is 6. The summed E-state index contributed by atoms with van der Waals surface area (Å²) >= 11 is 6.50. The number of hydrogen-bond donors (Lipinski definition) is 3. The van der Waals surface area contributed by atoms with Crippen LogP contribution in [-0.2, 0) is 12.7 Å². The first-order valence-corrected chi connectivity index (χ1v) is 14.7. The van der Waals surface area contributed by atoms with Crippen LogP contribution in [0.15, 0.2) is 43.0 Å². The van der Waals surface area contributed by atoms with E-state index in [-0.39, 0.29) is 51.8 Å². The smallest absolute Gasteiger partial charge is 0.337 e. The maximum Gasteiger partial charge on any atom is 0.435 e. The van der Waals surface area contributed by atoms with E-state index < -0.39 is 30.4 Å². The third kappa shape index (κ3) is 6.42. The second-order valence-electron chi connectivity index (χ2n) is 11.1. The van der Waals surface area contributed by atoms with Gasteiger partial charge in [0.1, 0.15) is 6.54 Å². The number of carbonyl (C=O) groups is 2. The molecule has 1 saturated carbocycles. The monoisotopic (exact) mass is 666 g/mol. The average molecular weight is 667 g/mol. The molecule has 0 radical (unpaired) electrons.